The zero-order valence-electron chi connectivity index (χ0n) is 6.79. The third kappa shape index (κ3) is 1.57. The lowest BCUT2D eigenvalue weighted by Gasteiger charge is -2.07. The summed E-state index contributed by atoms with van der Waals surface area (Å²) in [7, 11) is 3.45. The number of rotatable bonds is 1. The highest BCUT2D eigenvalue weighted by Gasteiger charge is 2.12. The number of thiazole rings is 1. The quantitative estimate of drug-likeness (QED) is 0.633. The van der Waals surface area contributed by atoms with Crippen LogP contribution in [0.5, 0.6) is 0 Å². The molecule has 1 aromatic heterocycles. The van der Waals surface area contributed by atoms with Gasteiger partial charge in [0.1, 0.15) is 5.69 Å². The van der Waals surface area contributed by atoms with E-state index in [0.29, 0.717) is 5.69 Å². The van der Waals surface area contributed by atoms with E-state index in [1.165, 1.54) is 16.2 Å². The minimum Gasteiger partial charge on any atom is -0.343 e. The number of hydrogen-bond acceptors (Lipinski definition) is 3. The van der Waals surface area contributed by atoms with Crippen LogP contribution in [0.15, 0.2) is 5.51 Å². The van der Waals surface area contributed by atoms with Crippen LogP contribution in [0.2, 0.25) is 0 Å². The van der Waals surface area contributed by atoms with E-state index < -0.39 is 0 Å². The van der Waals surface area contributed by atoms with Crippen LogP contribution in [0.25, 0.3) is 0 Å². The fourth-order valence-electron chi connectivity index (χ4n) is 0.722. The van der Waals surface area contributed by atoms with E-state index in [9.17, 15) is 4.79 Å². The van der Waals surface area contributed by atoms with Crippen LogP contribution < -0.4 is 0 Å². The molecule has 0 bridgehead atoms. The Hall–Kier alpha value is -0.900. The summed E-state index contributed by atoms with van der Waals surface area (Å²) in [5.74, 6) is -0.0243. The number of carbonyl (C=O) groups excluding carboxylic acids is 1. The molecular weight excluding hydrogens is 160 g/mol. The molecule has 1 amide bonds. The van der Waals surface area contributed by atoms with Gasteiger partial charge in [-0.1, -0.05) is 0 Å². The molecule has 0 saturated heterocycles. The van der Waals surface area contributed by atoms with E-state index in [0.717, 1.165) is 4.88 Å². The van der Waals surface area contributed by atoms with E-state index in [4.69, 9.17) is 0 Å². The fraction of sp³-hybridized carbons (Fsp3) is 0.429. The molecule has 11 heavy (non-hydrogen) atoms. The second-order valence-corrected chi connectivity index (χ2v) is 3.52. The highest BCUT2D eigenvalue weighted by Crippen LogP contribution is 2.11. The molecule has 0 fully saturated rings. The van der Waals surface area contributed by atoms with Gasteiger partial charge in [0.2, 0.25) is 0 Å². The molecule has 0 aliphatic rings. The van der Waals surface area contributed by atoms with E-state index in [-0.39, 0.29) is 5.91 Å². The van der Waals surface area contributed by atoms with Gasteiger partial charge >= 0.3 is 0 Å². The molecule has 0 unspecified atom stereocenters. The second kappa shape index (κ2) is 3.00. The third-order valence-electron chi connectivity index (χ3n) is 1.35. The molecule has 1 aromatic rings. The lowest BCUT2D eigenvalue weighted by molar-refractivity contribution is 0.0822. The largest absolute Gasteiger partial charge is 0.343 e. The summed E-state index contributed by atoms with van der Waals surface area (Å²) in [6, 6.07) is 0. The van der Waals surface area contributed by atoms with Crippen molar-refractivity contribution in [3.63, 3.8) is 0 Å². The summed E-state index contributed by atoms with van der Waals surface area (Å²) in [6.45, 7) is 1.90. The topological polar surface area (TPSA) is 33.2 Å². The summed E-state index contributed by atoms with van der Waals surface area (Å²) in [5.41, 5.74) is 2.26. The lowest BCUT2D eigenvalue weighted by Crippen LogP contribution is -2.22. The Morgan fingerprint density at radius 1 is 1.64 bits per heavy atom. The fourth-order valence-corrected chi connectivity index (χ4v) is 1.29. The molecular formula is C7H10N2OS. The summed E-state index contributed by atoms with van der Waals surface area (Å²) in [5, 5.41) is 0. The van der Waals surface area contributed by atoms with Crippen molar-refractivity contribution >= 4 is 17.2 Å². The molecule has 1 heterocycles. The van der Waals surface area contributed by atoms with Crippen molar-refractivity contribution in [3.05, 3.63) is 16.1 Å². The predicted molar refractivity (Wildman–Crippen MR) is 44.9 cm³/mol. The Bertz CT molecular complexity index is 267. The minimum atomic E-state index is -0.0243. The number of aromatic nitrogens is 1. The van der Waals surface area contributed by atoms with E-state index in [2.05, 4.69) is 4.98 Å². The molecule has 0 radical (unpaired) electrons. The SMILES string of the molecule is Cc1scnc1C(=O)N(C)C. The molecule has 1 rings (SSSR count). The number of aryl methyl sites for hydroxylation is 1. The van der Waals surface area contributed by atoms with Crippen molar-refractivity contribution in [2.24, 2.45) is 0 Å². The Morgan fingerprint density at radius 2 is 2.27 bits per heavy atom. The number of hydrogen-bond donors (Lipinski definition) is 0. The maximum atomic E-state index is 11.3. The standard InChI is InChI=1S/C7H10N2OS/c1-5-6(8-4-11-5)7(10)9(2)3/h4H,1-3H3. The normalized spacial score (nSPS) is 9.73. The van der Waals surface area contributed by atoms with E-state index in [1.54, 1.807) is 19.6 Å². The molecule has 60 valence electrons. The third-order valence-corrected chi connectivity index (χ3v) is 2.11. The van der Waals surface area contributed by atoms with Gasteiger partial charge in [-0.2, -0.15) is 0 Å². The molecule has 0 aliphatic heterocycles. The van der Waals surface area contributed by atoms with Crippen LogP contribution in [0.1, 0.15) is 15.4 Å². The first-order valence-corrected chi connectivity index (χ1v) is 4.12. The number of carbonyl (C=O) groups is 1. The Morgan fingerprint density at radius 3 is 2.64 bits per heavy atom. The van der Waals surface area contributed by atoms with Crippen LogP contribution in [-0.4, -0.2) is 29.9 Å². The maximum Gasteiger partial charge on any atom is 0.273 e. The minimum absolute atomic E-state index is 0.0243. The van der Waals surface area contributed by atoms with Crippen molar-refractivity contribution in [1.82, 2.24) is 9.88 Å². The highest BCUT2D eigenvalue weighted by molar-refractivity contribution is 7.09. The molecule has 0 saturated carbocycles. The lowest BCUT2D eigenvalue weighted by atomic mass is 10.3. The average Bonchev–Trinajstić information content (AvgIpc) is 2.33. The molecule has 0 N–H and O–H groups in total. The van der Waals surface area contributed by atoms with Gasteiger partial charge in [0.25, 0.3) is 5.91 Å². The van der Waals surface area contributed by atoms with Crippen molar-refractivity contribution < 1.29 is 4.79 Å². The molecule has 3 nitrogen and oxygen atoms in total. The number of nitrogens with zero attached hydrogens (tertiary/aromatic N) is 2. The molecule has 0 aliphatic carbocycles. The van der Waals surface area contributed by atoms with Crippen molar-refractivity contribution in [2.45, 2.75) is 6.92 Å². The summed E-state index contributed by atoms with van der Waals surface area (Å²) >= 11 is 1.49. The van der Waals surface area contributed by atoms with E-state index >= 15 is 0 Å². The summed E-state index contributed by atoms with van der Waals surface area (Å²) in [4.78, 5) is 17.8. The van der Waals surface area contributed by atoms with E-state index in [1.807, 2.05) is 6.92 Å². The monoisotopic (exact) mass is 170 g/mol. The zero-order chi connectivity index (χ0) is 8.43. The van der Waals surface area contributed by atoms with Crippen LogP contribution in [0.4, 0.5) is 0 Å². The maximum absolute atomic E-state index is 11.3. The first-order valence-electron chi connectivity index (χ1n) is 3.24. The Kier molecular flexibility index (Phi) is 2.24. The Balaban J connectivity index is 2.93. The van der Waals surface area contributed by atoms with Crippen LogP contribution in [0, 0.1) is 6.92 Å². The highest BCUT2D eigenvalue weighted by atomic mass is 32.1. The van der Waals surface area contributed by atoms with Gasteiger partial charge in [0, 0.05) is 19.0 Å². The summed E-state index contributed by atoms with van der Waals surface area (Å²) in [6.07, 6.45) is 0. The number of amides is 1. The van der Waals surface area contributed by atoms with Crippen LogP contribution >= 0.6 is 11.3 Å². The zero-order valence-corrected chi connectivity index (χ0v) is 7.60. The van der Waals surface area contributed by atoms with Crippen molar-refractivity contribution in [3.8, 4) is 0 Å². The van der Waals surface area contributed by atoms with Gasteiger partial charge in [-0.15, -0.1) is 11.3 Å². The van der Waals surface area contributed by atoms with Crippen molar-refractivity contribution in [2.75, 3.05) is 14.1 Å². The van der Waals surface area contributed by atoms with Gasteiger partial charge in [-0.05, 0) is 6.92 Å². The second-order valence-electron chi connectivity index (χ2n) is 2.46. The van der Waals surface area contributed by atoms with Crippen molar-refractivity contribution in [1.29, 1.82) is 0 Å². The average molecular weight is 170 g/mol. The van der Waals surface area contributed by atoms with Gasteiger partial charge in [-0.25, -0.2) is 4.98 Å². The van der Waals surface area contributed by atoms with Gasteiger partial charge in [0.05, 0.1) is 5.51 Å². The first kappa shape index (κ1) is 8.20. The molecule has 0 spiro atoms. The van der Waals surface area contributed by atoms with Gasteiger partial charge in [0.15, 0.2) is 0 Å². The Labute approximate surface area is 69.7 Å². The smallest absolute Gasteiger partial charge is 0.273 e. The van der Waals surface area contributed by atoms with Crippen LogP contribution in [0.3, 0.4) is 0 Å². The van der Waals surface area contributed by atoms with Gasteiger partial charge < -0.3 is 4.90 Å². The van der Waals surface area contributed by atoms with Gasteiger partial charge in [-0.3, -0.25) is 4.79 Å². The first-order chi connectivity index (χ1) is 5.13. The predicted octanol–water partition coefficient (Wildman–Crippen LogP) is 1.15. The van der Waals surface area contributed by atoms with Crippen LogP contribution in [-0.2, 0) is 0 Å². The molecule has 4 heteroatoms. The summed E-state index contributed by atoms with van der Waals surface area (Å²) < 4.78 is 0. The molecule has 0 aromatic carbocycles. The molecule has 0 atom stereocenters.